The van der Waals surface area contributed by atoms with Crippen LogP contribution in [0.2, 0.25) is 0 Å². The first kappa shape index (κ1) is 37.7. The zero-order valence-electron chi connectivity index (χ0n) is 24.3. The van der Waals surface area contributed by atoms with Crippen LogP contribution in [0.1, 0.15) is 22.8 Å². The molecule has 0 unspecified atom stereocenters. The maximum atomic E-state index is 11.3. The van der Waals surface area contributed by atoms with Gasteiger partial charge >= 0.3 is 23.0 Å². The van der Waals surface area contributed by atoms with E-state index in [-0.39, 0.29) is 49.9 Å². The summed E-state index contributed by atoms with van der Waals surface area (Å²) in [4.78, 5) is 11.3. The van der Waals surface area contributed by atoms with E-state index >= 15 is 0 Å². The van der Waals surface area contributed by atoms with E-state index in [4.69, 9.17) is 25.3 Å². The molecule has 0 bridgehead atoms. The summed E-state index contributed by atoms with van der Waals surface area (Å²) in [5, 5.41) is 36.4. The molecule has 0 atom stereocenters. The predicted octanol–water partition coefficient (Wildman–Crippen LogP) is 1.03. The van der Waals surface area contributed by atoms with Crippen LogP contribution in [0.3, 0.4) is 0 Å². The minimum absolute atomic E-state index is 0. The van der Waals surface area contributed by atoms with Crippen LogP contribution in [-0.2, 0) is 42.3 Å². The Hall–Kier alpha value is -3.50. The summed E-state index contributed by atoms with van der Waals surface area (Å²) < 4.78 is 0. The monoisotopic (exact) mass is 767 g/mol. The maximum Gasteiger partial charge on any atom is 2.00 e. The minimum atomic E-state index is -2.17. The van der Waals surface area contributed by atoms with Crippen molar-refractivity contribution in [2.24, 2.45) is 20.4 Å². The van der Waals surface area contributed by atoms with Crippen LogP contribution in [0.25, 0.3) is 0 Å². The molecule has 45 heavy (non-hydrogen) atoms. The van der Waals surface area contributed by atoms with Gasteiger partial charge in [0.15, 0.2) is 0 Å². The number of carbonyl (C=O) groups is 1. The van der Waals surface area contributed by atoms with Gasteiger partial charge in [-0.3, -0.25) is 0 Å². The smallest absolute Gasteiger partial charge is 1.00 e. The Balaban J connectivity index is 0.00000353. The van der Waals surface area contributed by atoms with Gasteiger partial charge in [0, 0.05) is 17.8 Å². The second kappa shape index (κ2) is 18.5. The molecule has 0 aliphatic carbocycles. The van der Waals surface area contributed by atoms with Gasteiger partial charge in [-0.1, -0.05) is 66.7 Å². The SMILES string of the molecule is CNC([S-])=NN=C(C(C)=NN=C([S-])NC[P+](c1ccccc1)(c1ccccc1)c1ccccc1)c1ccc(C(=O)O)cc1.[Br-].[Cu+2]. The number of hydrogen-bond donors (Lipinski definition) is 3. The van der Waals surface area contributed by atoms with Crippen LogP contribution < -0.4 is 43.5 Å². The van der Waals surface area contributed by atoms with Crippen LogP contribution in [-0.4, -0.2) is 46.2 Å². The summed E-state index contributed by atoms with van der Waals surface area (Å²) >= 11 is 10.7. The predicted molar refractivity (Wildman–Crippen MR) is 185 cm³/mol. The molecule has 0 saturated carbocycles. The van der Waals surface area contributed by atoms with Gasteiger partial charge in [-0.2, -0.15) is 15.3 Å². The van der Waals surface area contributed by atoms with E-state index in [9.17, 15) is 9.90 Å². The molecule has 235 valence electrons. The number of nitrogens with one attached hydrogen (secondary N) is 2. The van der Waals surface area contributed by atoms with Gasteiger partial charge in [-0.15, -0.1) is 5.10 Å². The molecule has 4 aromatic rings. The molecule has 0 aromatic heterocycles. The Kier molecular flexibility index (Phi) is 15.5. The number of nitrogens with zero attached hydrogens (tertiary/aromatic N) is 4. The van der Waals surface area contributed by atoms with Gasteiger partial charge in [0.2, 0.25) is 0 Å². The molecule has 0 spiro atoms. The Morgan fingerprint density at radius 1 is 0.689 bits per heavy atom. The van der Waals surface area contributed by atoms with Crippen LogP contribution in [0, 0.1) is 0 Å². The van der Waals surface area contributed by atoms with E-state index in [0.717, 1.165) is 0 Å². The van der Waals surface area contributed by atoms with Crippen LogP contribution >= 0.6 is 7.26 Å². The quantitative estimate of drug-likeness (QED) is 0.0556. The summed E-state index contributed by atoms with van der Waals surface area (Å²) in [6, 6.07) is 37.6. The van der Waals surface area contributed by atoms with E-state index < -0.39 is 13.2 Å². The Labute approximate surface area is 296 Å². The molecule has 0 saturated heterocycles. The molecule has 3 N–H and O–H groups in total. The van der Waals surface area contributed by atoms with Crippen LogP contribution in [0.5, 0.6) is 0 Å². The third kappa shape index (κ3) is 9.74. The second-order valence-corrected chi connectivity index (χ2v) is 13.5. The molecular weight excluding hydrogens is 739 g/mol. The summed E-state index contributed by atoms with van der Waals surface area (Å²) in [7, 11) is -0.530. The number of hydrogen-bond acceptors (Lipinski definition) is 7. The third-order valence-electron chi connectivity index (χ3n) is 6.55. The first-order chi connectivity index (χ1) is 20.8. The van der Waals surface area contributed by atoms with Crippen molar-refractivity contribution >= 4 is 76.2 Å². The number of aromatic carboxylic acids is 1. The van der Waals surface area contributed by atoms with Crippen molar-refractivity contribution in [3.05, 3.63) is 126 Å². The van der Waals surface area contributed by atoms with Crippen LogP contribution in [0.4, 0.5) is 0 Å². The largest absolute Gasteiger partial charge is 2.00 e. The van der Waals surface area contributed by atoms with E-state index in [0.29, 0.717) is 23.3 Å². The average Bonchev–Trinajstić information content (AvgIpc) is 3.05. The summed E-state index contributed by atoms with van der Waals surface area (Å²) in [5.74, 6) is -1.02. The molecule has 8 nitrogen and oxygen atoms in total. The number of carboxylic acid groups (broad SMARTS) is 1. The van der Waals surface area contributed by atoms with Gasteiger partial charge < -0.3 is 58.0 Å². The molecule has 13 heteroatoms. The van der Waals surface area contributed by atoms with E-state index in [1.165, 1.54) is 28.0 Å². The minimum Gasteiger partial charge on any atom is -1.00 e. The van der Waals surface area contributed by atoms with Gasteiger partial charge in [-0.05, 0) is 60.6 Å². The van der Waals surface area contributed by atoms with Crippen molar-refractivity contribution in [2.45, 2.75) is 6.92 Å². The van der Waals surface area contributed by atoms with Crippen LogP contribution in [0.15, 0.2) is 136 Å². The van der Waals surface area contributed by atoms with E-state index in [1.807, 2.05) is 18.2 Å². The van der Waals surface area contributed by atoms with Crippen molar-refractivity contribution in [1.29, 1.82) is 0 Å². The second-order valence-electron chi connectivity index (χ2n) is 9.23. The number of halogens is 1. The van der Waals surface area contributed by atoms with E-state index in [1.54, 1.807) is 26.1 Å². The van der Waals surface area contributed by atoms with Crippen molar-refractivity contribution in [3.63, 3.8) is 0 Å². The first-order valence-corrected chi connectivity index (χ1v) is 16.1. The van der Waals surface area contributed by atoms with Gasteiger partial charge in [0.25, 0.3) is 0 Å². The Morgan fingerprint density at radius 2 is 1.11 bits per heavy atom. The molecule has 0 fully saturated rings. The van der Waals surface area contributed by atoms with Crippen molar-refractivity contribution < 1.29 is 44.0 Å². The number of rotatable bonds is 10. The summed E-state index contributed by atoms with van der Waals surface area (Å²) in [5.41, 5.74) is 1.55. The zero-order valence-corrected chi connectivity index (χ0v) is 29.3. The first-order valence-electron chi connectivity index (χ1n) is 13.3. The van der Waals surface area contributed by atoms with Gasteiger partial charge in [0.05, 0.1) is 11.3 Å². The Bertz CT molecular complexity index is 1560. The van der Waals surface area contributed by atoms with Crippen molar-refractivity contribution in [2.75, 3.05) is 13.3 Å². The fourth-order valence-corrected chi connectivity index (χ4v) is 8.55. The summed E-state index contributed by atoms with van der Waals surface area (Å²) in [6.07, 6.45) is 0.533. The molecule has 0 aliphatic rings. The molecule has 4 rings (SSSR count). The summed E-state index contributed by atoms with van der Waals surface area (Å²) in [6.45, 7) is 1.73. The fourth-order valence-electron chi connectivity index (χ4n) is 4.41. The molecule has 1 radical (unpaired) electrons. The molecule has 4 aromatic carbocycles. The molecule has 0 aliphatic heterocycles. The van der Waals surface area contributed by atoms with Crippen molar-refractivity contribution in [1.82, 2.24) is 10.6 Å². The zero-order chi connectivity index (χ0) is 30.7. The average molecular weight is 769 g/mol. The molecule has 0 amide bonds. The van der Waals surface area contributed by atoms with E-state index in [2.05, 4.69) is 104 Å². The standard InChI is InChI=1S/C32H31N6O2PS2.BrH.Cu/c1-23(29(36-37-31(42)33-2)24-18-20-25(21-19-24)30(39)40)35-38-32(43)34-22-41(26-12-6-3-7-13-26,27-14-8-4-9-15-27)28-16-10-5-11-17-28;;/h3-21H,22H2,1-2H3,(H4-,33,34,35,36,37,38,39,40,42,43);1H;/q;;+2/p-2. The normalized spacial score (nSPS) is 12.4. The topological polar surface area (TPSA) is 111 Å². The molecular formula is C32H30BrCuN6O2PS2. The third-order valence-corrected chi connectivity index (χ3v) is 11.2. The fraction of sp³-hybridized carbons (Fsp3) is 0.0938. The van der Waals surface area contributed by atoms with Gasteiger partial charge in [0.1, 0.15) is 35.2 Å². The van der Waals surface area contributed by atoms with Gasteiger partial charge in [-0.25, -0.2) is 4.79 Å². The maximum absolute atomic E-state index is 11.3. The number of amidine groups is 2. The number of carboxylic acids is 1. The molecule has 0 heterocycles. The Morgan fingerprint density at radius 3 is 1.53 bits per heavy atom. The van der Waals surface area contributed by atoms with Crippen molar-refractivity contribution in [3.8, 4) is 0 Å². The number of benzene rings is 4.